The van der Waals surface area contributed by atoms with Crippen molar-refractivity contribution >= 4 is 11.6 Å². The number of benzene rings is 1. The van der Waals surface area contributed by atoms with Gasteiger partial charge in [-0.25, -0.2) is 0 Å². The van der Waals surface area contributed by atoms with Gasteiger partial charge < -0.3 is 16.2 Å². The lowest BCUT2D eigenvalue weighted by molar-refractivity contribution is 0.0899. The van der Waals surface area contributed by atoms with Crippen molar-refractivity contribution in [2.75, 3.05) is 12.3 Å². The van der Waals surface area contributed by atoms with Crippen LogP contribution in [0.15, 0.2) is 18.2 Å². The summed E-state index contributed by atoms with van der Waals surface area (Å²) in [4.78, 5) is 12.0. The van der Waals surface area contributed by atoms with Crippen LogP contribution in [-0.2, 0) is 0 Å². The number of nitrogen functional groups attached to an aromatic ring is 1. The molecule has 1 rings (SSSR count). The summed E-state index contributed by atoms with van der Waals surface area (Å²) >= 11 is 0. The summed E-state index contributed by atoms with van der Waals surface area (Å²) in [6, 6.07) is 5.26. The zero-order valence-corrected chi connectivity index (χ0v) is 10.6. The van der Waals surface area contributed by atoms with Crippen molar-refractivity contribution in [1.82, 2.24) is 5.32 Å². The summed E-state index contributed by atoms with van der Waals surface area (Å²) in [7, 11) is 0. The second kappa shape index (κ2) is 5.19. The van der Waals surface area contributed by atoms with Gasteiger partial charge in [0.1, 0.15) is 0 Å². The van der Waals surface area contributed by atoms with Crippen molar-refractivity contribution < 1.29 is 9.90 Å². The molecule has 0 spiro atoms. The molecule has 0 saturated heterocycles. The van der Waals surface area contributed by atoms with Gasteiger partial charge in [-0.3, -0.25) is 4.79 Å². The fraction of sp³-hybridized carbons (Fsp3) is 0.462. The first-order valence-electron chi connectivity index (χ1n) is 5.64. The molecule has 0 unspecified atom stereocenters. The van der Waals surface area contributed by atoms with Crippen molar-refractivity contribution in [3.05, 3.63) is 29.3 Å². The molecule has 4 N–H and O–H groups in total. The van der Waals surface area contributed by atoms with Crippen LogP contribution < -0.4 is 11.1 Å². The first-order valence-corrected chi connectivity index (χ1v) is 5.64. The molecule has 0 heterocycles. The van der Waals surface area contributed by atoms with Gasteiger partial charge in [0.05, 0.1) is 0 Å². The van der Waals surface area contributed by atoms with Crippen molar-refractivity contribution in [2.45, 2.75) is 32.7 Å². The minimum atomic E-state index is -0.426. The van der Waals surface area contributed by atoms with Crippen LogP contribution >= 0.6 is 0 Å². The molecule has 0 bridgehead atoms. The van der Waals surface area contributed by atoms with Crippen LogP contribution in [0.4, 0.5) is 5.69 Å². The molecule has 0 saturated carbocycles. The van der Waals surface area contributed by atoms with Crippen molar-refractivity contribution in [2.24, 2.45) is 0 Å². The molecule has 94 valence electrons. The van der Waals surface area contributed by atoms with Crippen LogP contribution in [0.3, 0.4) is 0 Å². The Morgan fingerprint density at radius 1 is 1.41 bits per heavy atom. The smallest absolute Gasteiger partial charge is 0.251 e. The van der Waals surface area contributed by atoms with Gasteiger partial charge in [-0.05, 0) is 51.0 Å². The summed E-state index contributed by atoms with van der Waals surface area (Å²) in [5.41, 5.74) is 7.36. The molecule has 0 aliphatic rings. The molecular weight excluding hydrogens is 216 g/mol. The van der Waals surface area contributed by atoms with E-state index in [4.69, 9.17) is 10.8 Å². The zero-order chi connectivity index (χ0) is 13.1. The molecule has 17 heavy (non-hydrogen) atoms. The average Bonchev–Trinajstić information content (AvgIpc) is 2.14. The highest BCUT2D eigenvalue weighted by Gasteiger charge is 2.20. The Bertz CT molecular complexity index is 394. The number of hydrogen-bond acceptors (Lipinski definition) is 3. The quantitative estimate of drug-likeness (QED) is 0.693. The van der Waals surface area contributed by atoms with Crippen LogP contribution in [0.1, 0.15) is 36.2 Å². The van der Waals surface area contributed by atoms with E-state index < -0.39 is 5.54 Å². The minimum Gasteiger partial charge on any atom is -0.399 e. The van der Waals surface area contributed by atoms with E-state index in [1.165, 1.54) is 0 Å². The van der Waals surface area contributed by atoms with Crippen LogP contribution in [0, 0.1) is 6.92 Å². The monoisotopic (exact) mass is 236 g/mol. The Balaban J connectivity index is 2.83. The second-order valence-electron chi connectivity index (χ2n) is 4.94. The highest BCUT2D eigenvalue weighted by Crippen LogP contribution is 2.14. The van der Waals surface area contributed by atoms with Crippen LogP contribution in [0.2, 0.25) is 0 Å². The van der Waals surface area contributed by atoms with E-state index >= 15 is 0 Å². The Morgan fingerprint density at radius 2 is 2.06 bits per heavy atom. The van der Waals surface area contributed by atoms with Gasteiger partial charge in [0.25, 0.3) is 5.91 Å². The van der Waals surface area contributed by atoms with E-state index in [1.54, 1.807) is 12.1 Å². The number of nitrogens with one attached hydrogen (secondary N) is 1. The number of carbonyl (C=O) groups is 1. The predicted molar refractivity (Wildman–Crippen MR) is 68.8 cm³/mol. The number of rotatable bonds is 4. The molecule has 0 aliphatic heterocycles. The highest BCUT2D eigenvalue weighted by molar-refractivity contribution is 5.95. The van der Waals surface area contributed by atoms with Gasteiger partial charge in [0, 0.05) is 23.4 Å². The summed E-state index contributed by atoms with van der Waals surface area (Å²) in [5, 5.41) is 11.8. The molecule has 0 aromatic heterocycles. The maximum absolute atomic E-state index is 12.0. The SMILES string of the molecule is Cc1cc(N)cc(C(=O)NC(C)(C)CCO)c1. The van der Waals surface area contributed by atoms with Crippen LogP contribution in [0.5, 0.6) is 0 Å². The number of amides is 1. The summed E-state index contributed by atoms with van der Waals surface area (Å²) < 4.78 is 0. The van der Waals surface area contributed by atoms with Gasteiger partial charge in [0.15, 0.2) is 0 Å². The van der Waals surface area contributed by atoms with E-state index in [2.05, 4.69) is 5.32 Å². The third kappa shape index (κ3) is 4.07. The fourth-order valence-corrected chi connectivity index (χ4v) is 1.67. The largest absolute Gasteiger partial charge is 0.399 e. The first-order chi connectivity index (χ1) is 7.84. The highest BCUT2D eigenvalue weighted by atomic mass is 16.3. The average molecular weight is 236 g/mol. The Morgan fingerprint density at radius 3 is 2.59 bits per heavy atom. The van der Waals surface area contributed by atoms with Crippen molar-refractivity contribution in [3.63, 3.8) is 0 Å². The molecule has 4 nitrogen and oxygen atoms in total. The van der Waals surface area contributed by atoms with Gasteiger partial charge in [-0.2, -0.15) is 0 Å². The Kier molecular flexibility index (Phi) is 4.12. The second-order valence-corrected chi connectivity index (χ2v) is 4.94. The van der Waals surface area contributed by atoms with Crippen LogP contribution in [-0.4, -0.2) is 23.2 Å². The minimum absolute atomic E-state index is 0.0449. The predicted octanol–water partition coefficient (Wildman–Crippen LogP) is 1.47. The van der Waals surface area contributed by atoms with Crippen molar-refractivity contribution in [1.29, 1.82) is 0 Å². The summed E-state index contributed by atoms with van der Waals surface area (Å²) in [6.07, 6.45) is 0.514. The van der Waals surface area contributed by atoms with Gasteiger partial charge >= 0.3 is 0 Å². The number of aryl methyl sites for hydroxylation is 1. The molecule has 1 aromatic rings. The van der Waals surface area contributed by atoms with Gasteiger partial charge in [0.2, 0.25) is 0 Å². The molecule has 0 aliphatic carbocycles. The van der Waals surface area contributed by atoms with E-state index in [9.17, 15) is 4.79 Å². The van der Waals surface area contributed by atoms with E-state index in [-0.39, 0.29) is 12.5 Å². The van der Waals surface area contributed by atoms with Gasteiger partial charge in [-0.15, -0.1) is 0 Å². The Hall–Kier alpha value is -1.55. The lowest BCUT2D eigenvalue weighted by Gasteiger charge is -2.25. The molecular formula is C13H20N2O2. The maximum Gasteiger partial charge on any atom is 0.251 e. The topological polar surface area (TPSA) is 75.4 Å². The molecule has 0 radical (unpaired) electrons. The zero-order valence-electron chi connectivity index (χ0n) is 10.6. The third-order valence-corrected chi connectivity index (χ3v) is 2.55. The van der Waals surface area contributed by atoms with E-state index in [0.29, 0.717) is 17.7 Å². The number of aliphatic hydroxyl groups is 1. The third-order valence-electron chi connectivity index (χ3n) is 2.55. The standard InChI is InChI=1S/C13H20N2O2/c1-9-6-10(8-11(14)7-9)12(17)15-13(2,3)4-5-16/h6-8,16H,4-5,14H2,1-3H3,(H,15,17). The first kappa shape index (κ1) is 13.5. The summed E-state index contributed by atoms with van der Waals surface area (Å²) in [5.74, 6) is -0.168. The summed E-state index contributed by atoms with van der Waals surface area (Å²) in [6.45, 7) is 5.69. The van der Waals surface area contributed by atoms with E-state index in [0.717, 1.165) is 5.56 Å². The number of nitrogens with two attached hydrogens (primary N) is 1. The van der Waals surface area contributed by atoms with Crippen molar-refractivity contribution in [3.8, 4) is 0 Å². The Labute approximate surface area is 102 Å². The number of aliphatic hydroxyl groups excluding tert-OH is 1. The molecule has 0 atom stereocenters. The lowest BCUT2D eigenvalue weighted by Crippen LogP contribution is -2.44. The normalized spacial score (nSPS) is 11.3. The van der Waals surface area contributed by atoms with Gasteiger partial charge in [-0.1, -0.05) is 0 Å². The molecule has 4 heteroatoms. The number of anilines is 1. The maximum atomic E-state index is 12.0. The molecule has 1 amide bonds. The molecule has 1 aromatic carbocycles. The van der Waals surface area contributed by atoms with E-state index in [1.807, 2.05) is 26.8 Å². The number of hydrogen-bond donors (Lipinski definition) is 3. The molecule has 0 fully saturated rings. The lowest BCUT2D eigenvalue weighted by atomic mass is 10.00. The number of carbonyl (C=O) groups excluding carboxylic acids is 1. The fourth-order valence-electron chi connectivity index (χ4n) is 1.67. The van der Waals surface area contributed by atoms with Crippen LogP contribution in [0.25, 0.3) is 0 Å².